The van der Waals surface area contributed by atoms with Gasteiger partial charge in [0.2, 0.25) is 5.89 Å². The van der Waals surface area contributed by atoms with E-state index in [1.807, 2.05) is 0 Å². The molecule has 0 unspecified atom stereocenters. The zero-order valence-corrected chi connectivity index (χ0v) is 22.9. The molecule has 218 valence electrons. The predicted octanol–water partition coefficient (Wildman–Crippen LogP) is 7.43. The summed E-state index contributed by atoms with van der Waals surface area (Å²) in [7, 11) is 5.07. The fourth-order valence-corrected chi connectivity index (χ4v) is 4.85. The van der Waals surface area contributed by atoms with Gasteiger partial charge in [-0.25, -0.2) is 9.37 Å². The zero-order valence-electron chi connectivity index (χ0n) is 22.9. The number of fused-ring (bicyclic) bond motifs is 2. The van der Waals surface area contributed by atoms with Crippen molar-refractivity contribution in [3.8, 4) is 39.7 Å². The molecule has 6 aromatic rings. The molecule has 1 amide bonds. The van der Waals surface area contributed by atoms with Gasteiger partial charge in [0, 0.05) is 55.6 Å². The largest absolute Gasteiger partial charge is 0.573 e. The van der Waals surface area contributed by atoms with E-state index in [0.717, 1.165) is 0 Å². The van der Waals surface area contributed by atoms with Gasteiger partial charge in [0.25, 0.3) is 5.91 Å². The number of furan rings is 1. The van der Waals surface area contributed by atoms with Crippen molar-refractivity contribution in [1.29, 1.82) is 0 Å². The van der Waals surface area contributed by atoms with Crippen LogP contribution in [0, 0.1) is 5.82 Å². The van der Waals surface area contributed by atoms with Crippen molar-refractivity contribution in [2.24, 2.45) is 0 Å². The van der Waals surface area contributed by atoms with Crippen molar-refractivity contribution < 1.29 is 35.9 Å². The number of aromatic nitrogens is 2. The highest BCUT2D eigenvalue weighted by molar-refractivity contribution is 6.13. The van der Waals surface area contributed by atoms with Crippen molar-refractivity contribution >= 4 is 33.8 Å². The summed E-state index contributed by atoms with van der Waals surface area (Å²) in [5.41, 5.74) is 3.25. The summed E-state index contributed by atoms with van der Waals surface area (Å²) >= 11 is 0. The highest BCUT2D eigenvalue weighted by atomic mass is 19.4. The first-order chi connectivity index (χ1) is 20.5. The number of hydrogen-bond acceptors (Lipinski definition) is 7. The minimum Gasteiger partial charge on any atom is -0.455 e. The van der Waals surface area contributed by atoms with E-state index in [9.17, 15) is 22.4 Å². The number of benzene rings is 3. The van der Waals surface area contributed by atoms with Crippen molar-refractivity contribution in [1.82, 2.24) is 15.3 Å². The van der Waals surface area contributed by atoms with Gasteiger partial charge >= 0.3 is 6.36 Å². The Bertz CT molecular complexity index is 1960. The van der Waals surface area contributed by atoms with Gasteiger partial charge in [-0.1, -0.05) is 6.07 Å². The molecule has 0 spiro atoms. The van der Waals surface area contributed by atoms with Crippen molar-refractivity contribution in [2.75, 3.05) is 26.0 Å². The third-order valence-electron chi connectivity index (χ3n) is 6.76. The molecule has 0 aliphatic carbocycles. The number of amides is 1. The smallest absolute Gasteiger partial charge is 0.455 e. The van der Waals surface area contributed by atoms with Crippen molar-refractivity contribution in [3.63, 3.8) is 0 Å². The summed E-state index contributed by atoms with van der Waals surface area (Å²) in [6.45, 7) is 0. The van der Waals surface area contributed by atoms with Crippen LogP contribution in [-0.2, 0) is 0 Å². The number of nitrogens with zero attached hydrogens (tertiary/aromatic N) is 3. The van der Waals surface area contributed by atoms with Crippen LogP contribution in [0.15, 0.2) is 81.8 Å². The number of carbonyl (C=O) groups excluding carboxylic acids is 1. The number of carbonyl (C=O) groups is 1. The lowest BCUT2D eigenvalue weighted by Gasteiger charge is -2.19. The molecule has 6 rings (SSSR count). The summed E-state index contributed by atoms with van der Waals surface area (Å²) in [6.07, 6.45) is -3.48. The van der Waals surface area contributed by atoms with Gasteiger partial charge in [0.05, 0.1) is 11.1 Å². The minimum atomic E-state index is -4.97. The maximum atomic E-state index is 13.6. The lowest BCUT2D eigenvalue weighted by molar-refractivity contribution is -0.274. The maximum Gasteiger partial charge on any atom is 0.573 e. The number of anilines is 1. The Morgan fingerprint density at radius 2 is 1.67 bits per heavy atom. The van der Waals surface area contributed by atoms with E-state index in [2.05, 4.69) is 20.0 Å². The number of alkyl halides is 3. The summed E-state index contributed by atoms with van der Waals surface area (Å²) < 4.78 is 70.0. The third-order valence-corrected chi connectivity index (χ3v) is 6.76. The van der Waals surface area contributed by atoms with Gasteiger partial charge in [-0.3, -0.25) is 4.79 Å². The molecule has 3 heterocycles. The number of ether oxygens (including phenoxy) is 1. The van der Waals surface area contributed by atoms with Crippen LogP contribution < -0.4 is 15.0 Å². The van der Waals surface area contributed by atoms with Crippen molar-refractivity contribution in [3.05, 3.63) is 84.3 Å². The number of halogens is 4. The van der Waals surface area contributed by atoms with Gasteiger partial charge < -0.3 is 23.8 Å². The molecule has 0 fully saturated rings. The standard InChI is InChI=1S/C31H22F4N4O4/c1-36-29(40)26-20-14-19(22(39(2)3)15-25(20)41-27(26)16-6-9-18(32)10-7-16)17-8-11-23(43-31(33,34)35)21(13-17)30-38-28-24(42-30)5-4-12-37-28/h4-15H,1-3H3,(H,36,40). The number of pyridine rings is 1. The van der Waals surface area contributed by atoms with Gasteiger partial charge in [0.15, 0.2) is 11.2 Å². The SMILES string of the molecule is CNC(=O)c1c(-c2ccc(F)cc2)oc2cc(N(C)C)c(-c3ccc(OC(F)(F)F)c(-c4nc5ncccc5o4)c3)cc12. The number of rotatable bonds is 6. The van der Waals surface area contributed by atoms with E-state index in [-0.39, 0.29) is 28.4 Å². The van der Waals surface area contributed by atoms with Crippen LogP contribution >= 0.6 is 0 Å². The number of nitrogens with one attached hydrogen (secondary N) is 1. The number of hydrogen-bond donors (Lipinski definition) is 1. The Labute approximate surface area is 241 Å². The quantitative estimate of drug-likeness (QED) is 0.202. The van der Waals surface area contributed by atoms with Crippen LogP contribution in [0.2, 0.25) is 0 Å². The molecule has 0 saturated carbocycles. The fraction of sp³-hybridized carbons (Fsp3) is 0.129. The topological polar surface area (TPSA) is 93.6 Å². The van der Waals surface area contributed by atoms with Crippen LogP contribution in [0.1, 0.15) is 10.4 Å². The first-order valence-corrected chi connectivity index (χ1v) is 12.9. The molecule has 0 atom stereocenters. The van der Waals surface area contributed by atoms with Crippen LogP contribution in [0.3, 0.4) is 0 Å². The maximum absolute atomic E-state index is 13.6. The second-order valence-electron chi connectivity index (χ2n) is 9.76. The fourth-order valence-electron chi connectivity index (χ4n) is 4.85. The van der Waals surface area contributed by atoms with E-state index in [4.69, 9.17) is 8.83 Å². The van der Waals surface area contributed by atoms with Crippen molar-refractivity contribution in [2.45, 2.75) is 6.36 Å². The highest BCUT2D eigenvalue weighted by Gasteiger charge is 2.33. The molecular formula is C31H22F4N4O4. The summed E-state index contributed by atoms with van der Waals surface area (Å²) in [5.74, 6) is -1.26. The predicted molar refractivity (Wildman–Crippen MR) is 152 cm³/mol. The van der Waals surface area contributed by atoms with Gasteiger partial charge in [-0.2, -0.15) is 4.98 Å². The molecule has 3 aromatic heterocycles. The Balaban J connectivity index is 1.59. The minimum absolute atomic E-state index is 0.0525. The third kappa shape index (κ3) is 5.23. The lowest BCUT2D eigenvalue weighted by Crippen LogP contribution is -2.18. The lowest BCUT2D eigenvalue weighted by atomic mass is 9.96. The molecule has 8 nitrogen and oxygen atoms in total. The second-order valence-corrected chi connectivity index (χ2v) is 9.76. The Morgan fingerprint density at radius 3 is 2.35 bits per heavy atom. The molecule has 0 radical (unpaired) electrons. The Hall–Kier alpha value is -5.39. The summed E-state index contributed by atoms with van der Waals surface area (Å²) in [6, 6.07) is 16.3. The average Bonchev–Trinajstić information content (AvgIpc) is 3.57. The second kappa shape index (κ2) is 10.5. The first kappa shape index (κ1) is 27.8. The first-order valence-electron chi connectivity index (χ1n) is 12.9. The molecule has 0 bridgehead atoms. The molecule has 0 aliphatic heterocycles. The Kier molecular flexibility index (Phi) is 6.76. The number of oxazole rings is 1. The van der Waals surface area contributed by atoms with E-state index < -0.39 is 23.8 Å². The van der Waals surface area contributed by atoms with E-state index in [0.29, 0.717) is 38.9 Å². The molecule has 0 aliphatic rings. The molecular weight excluding hydrogens is 568 g/mol. The van der Waals surface area contributed by atoms with Crippen LogP contribution in [0.5, 0.6) is 5.75 Å². The zero-order chi connectivity index (χ0) is 30.5. The van der Waals surface area contributed by atoms with Gasteiger partial charge in [-0.15, -0.1) is 13.2 Å². The Morgan fingerprint density at radius 1 is 0.930 bits per heavy atom. The molecule has 43 heavy (non-hydrogen) atoms. The summed E-state index contributed by atoms with van der Waals surface area (Å²) in [5, 5.41) is 3.06. The van der Waals surface area contributed by atoms with Gasteiger partial charge in [-0.05, 0) is 60.2 Å². The van der Waals surface area contributed by atoms with E-state index >= 15 is 0 Å². The molecule has 0 saturated heterocycles. The van der Waals surface area contributed by atoms with E-state index in [1.54, 1.807) is 43.3 Å². The van der Waals surface area contributed by atoms with Crippen LogP contribution in [0.25, 0.3) is 56.1 Å². The molecule has 12 heteroatoms. The molecule has 3 aromatic carbocycles. The van der Waals surface area contributed by atoms with Crippen LogP contribution in [-0.4, -0.2) is 43.4 Å². The highest BCUT2D eigenvalue weighted by Crippen LogP contribution is 2.43. The summed E-state index contributed by atoms with van der Waals surface area (Å²) in [4.78, 5) is 23.3. The van der Waals surface area contributed by atoms with Gasteiger partial charge in [0.1, 0.15) is 22.9 Å². The van der Waals surface area contributed by atoms with Crippen LogP contribution in [0.4, 0.5) is 23.2 Å². The normalized spacial score (nSPS) is 11.7. The van der Waals surface area contributed by atoms with E-state index in [1.165, 1.54) is 55.7 Å². The average molecular weight is 591 g/mol. The molecule has 1 N–H and O–H groups in total. The monoisotopic (exact) mass is 590 g/mol.